The third-order valence-corrected chi connectivity index (χ3v) is 5.69. The molecule has 1 nitrogen and oxygen atoms in total. The van der Waals surface area contributed by atoms with E-state index in [1.807, 2.05) is 37.3 Å². The summed E-state index contributed by atoms with van der Waals surface area (Å²) in [6.07, 6.45) is 0. The van der Waals surface area contributed by atoms with Crippen molar-refractivity contribution in [2.75, 3.05) is 0 Å². The molecule has 1 N–H and O–H groups in total. The summed E-state index contributed by atoms with van der Waals surface area (Å²) < 4.78 is 1.34. The van der Waals surface area contributed by atoms with Crippen LogP contribution in [0.15, 0.2) is 54.6 Å². The van der Waals surface area contributed by atoms with Crippen LogP contribution in [0.1, 0.15) is 18.1 Å². The van der Waals surface area contributed by atoms with E-state index < -0.39 is 5.60 Å². The summed E-state index contributed by atoms with van der Waals surface area (Å²) in [5, 5.41) is 11.3. The van der Waals surface area contributed by atoms with E-state index in [0.29, 0.717) is 15.0 Å². The quantitative estimate of drug-likeness (QED) is 0.861. The molecule has 0 aliphatic heterocycles. The monoisotopic (exact) mass is 306 g/mol. The van der Waals surface area contributed by atoms with Gasteiger partial charge in [-0.2, -0.15) is 0 Å². The first-order valence-corrected chi connectivity index (χ1v) is 8.12. The normalized spacial score (nSPS) is 14.2. The Hall–Kier alpha value is -1.08. The Balaban J connectivity index is 2.03. The SMILES string of the molecule is Cc1ccc([Se]CC(C)(O)c2ccccc2)cc1. The molecule has 0 amide bonds. The van der Waals surface area contributed by atoms with Crippen LogP contribution in [0.2, 0.25) is 5.32 Å². The topological polar surface area (TPSA) is 20.2 Å². The van der Waals surface area contributed by atoms with Crippen LogP contribution in [0.4, 0.5) is 0 Å². The Morgan fingerprint density at radius 2 is 1.61 bits per heavy atom. The molecule has 0 fully saturated rings. The van der Waals surface area contributed by atoms with Crippen molar-refractivity contribution in [2.45, 2.75) is 24.8 Å². The van der Waals surface area contributed by atoms with Gasteiger partial charge in [-0.1, -0.05) is 0 Å². The number of hydrogen-bond donors (Lipinski definition) is 1. The standard InChI is InChI=1S/C16H18OSe/c1-13-8-10-15(11-9-13)18-12-16(2,17)14-6-4-3-5-7-14/h3-11,17H,12H2,1-2H3. The predicted octanol–water partition coefficient (Wildman–Crippen LogP) is 2.65. The zero-order valence-electron chi connectivity index (χ0n) is 10.8. The van der Waals surface area contributed by atoms with E-state index in [1.165, 1.54) is 10.0 Å². The van der Waals surface area contributed by atoms with Crippen LogP contribution in [0.5, 0.6) is 0 Å². The first-order chi connectivity index (χ1) is 8.58. The minimum absolute atomic E-state index is 0.299. The molecule has 0 radical (unpaired) electrons. The van der Waals surface area contributed by atoms with Crippen molar-refractivity contribution in [1.82, 2.24) is 0 Å². The number of rotatable bonds is 4. The van der Waals surface area contributed by atoms with Crippen molar-refractivity contribution in [3.63, 3.8) is 0 Å². The van der Waals surface area contributed by atoms with E-state index in [9.17, 15) is 5.11 Å². The van der Waals surface area contributed by atoms with E-state index in [0.717, 1.165) is 10.9 Å². The van der Waals surface area contributed by atoms with Crippen molar-refractivity contribution in [2.24, 2.45) is 0 Å². The Morgan fingerprint density at radius 3 is 2.22 bits per heavy atom. The van der Waals surface area contributed by atoms with Crippen LogP contribution in [0.25, 0.3) is 0 Å². The molecule has 0 aliphatic rings. The Labute approximate surface area is 115 Å². The van der Waals surface area contributed by atoms with Crippen LogP contribution >= 0.6 is 0 Å². The van der Waals surface area contributed by atoms with Crippen LogP contribution < -0.4 is 4.46 Å². The molecule has 2 heteroatoms. The second-order valence-electron chi connectivity index (χ2n) is 4.74. The van der Waals surface area contributed by atoms with Gasteiger partial charge in [0.25, 0.3) is 0 Å². The first kappa shape index (κ1) is 13.4. The van der Waals surface area contributed by atoms with Crippen LogP contribution in [-0.2, 0) is 5.60 Å². The zero-order valence-corrected chi connectivity index (χ0v) is 12.5. The van der Waals surface area contributed by atoms with Gasteiger partial charge in [0.1, 0.15) is 0 Å². The van der Waals surface area contributed by atoms with Gasteiger partial charge in [0, 0.05) is 0 Å². The molecule has 0 saturated carbocycles. The summed E-state index contributed by atoms with van der Waals surface area (Å²) in [5.74, 6) is 0. The molecular formula is C16H18OSe. The Morgan fingerprint density at radius 1 is 1.00 bits per heavy atom. The summed E-state index contributed by atoms with van der Waals surface area (Å²) in [4.78, 5) is 0. The van der Waals surface area contributed by atoms with E-state index >= 15 is 0 Å². The second-order valence-corrected chi connectivity index (χ2v) is 6.94. The third-order valence-electron chi connectivity index (χ3n) is 2.94. The molecule has 2 rings (SSSR count). The predicted molar refractivity (Wildman–Crippen MR) is 77.4 cm³/mol. The van der Waals surface area contributed by atoms with Gasteiger partial charge in [-0.15, -0.1) is 0 Å². The van der Waals surface area contributed by atoms with Crippen molar-refractivity contribution in [3.8, 4) is 0 Å². The molecule has 0 spiro atoms. The zero-order chi connectivity index (χ0) is 13.0. The van der Waals surface area contributed by atoms with Gasteiger partial charge < -0.3 is 0 Å². The van der Waals surface area contributed by atoms with Gasteiger partial charge in [0.15, 0.2) is 0 Å². The summed E-state index contributed by atoms with van der Waals surface area (Å²) in [7, 11) is 0. The van der Waals surface area contributed by atoms with Gasteiger partial charge in [0.2, 0.25) is 0 Å². The fraction of sp³-hybridized carbons (Fsp3) is 0.250. The summed E-state index contributed by atoms with van der Waals surface area (Å²) >= 11 is 0.299. The van der Waals surface area contributed by atoms with Gasteiger partial charge in [-0.25, -0.2) is 0 Å². The molecule has 1 atom stereocenters. The maximum atomic E-state index is 10.5. The fourth-order valence-electron chi connectivity index (χ4n) is 1.74. The Bertz CT molecular complexity index is 488. The van der Waals surface area contributed by atoms with E-state index in [4.69, 9.17) is 0 Å². The molecule has 94 valence electrons. The van der Waals surface area contributed by atoms with Gasteiger partial charge >= 0.3 is 115 Å². The van der Waals surface area contributed by atoms with Gasteiger partial charge in [-0.3, -0.25) is 0 Å². The fourth-order valence-corrected chi connectivity index (χ4v) is 3.72. The van der Waals surface area contributed by atoms with Crippen LogP contribution in [0, 0.1) is 6.92 Å². The molecule has 0 aliphatic carbocycles. The molecule has 2 aromatic rings. The van der Waals surface area contributed by atoms with Gasteiger partial charge in [-0.05, 0) is 0 Å². The average Bonchev–Trinajstić information content (AvgIpc) is 2.39. The van der Waals surface area contributed by atoms with E-state index in [1.54, 1.807) is 0 Å². The molecule has 0 heterocycles. The van der Waals surface area contributed by atoms with Crippen molar-refractivity contribution in [3.05, 3.63) is 65.7 Å². The van der Waals surface area contributed by atoms with Crippen molar-refractivity contribution < 1.29 is 5.11 Å². The number of benzene rings is 2. The van der Waals surface area contributed by atoms with E-state index in [-0.39, 0.29) is 0 Å². The van der Waals surface area contributed by atoms with Crippen LogP contribution in [0.3, 0.4) is 0 Å². The third kappa shape index (κ3) is 3.46. The summed E-state index contributed by atoms with van der Waals surface area (Å²) in [6, 6.07) is 18.5. The average molecular weight is 305 g/mol. The maximum absolute atomic E-state index is 10.5. The molecule has 0 aromatic heterocycles. The second kappa shape index (κ2) is 5.71. The molecule has 0 bridgehead atoms. The summed E-state index contributed by atoms with van der Waals surface area (Å²) in [5.41, 5.74) is 1.55. The number of hydrogen-bond acceptors (Lipinski definition) is 1. The Kier molecular flexibility index (Phi) is 4.23. The molecule has 0 saturated heterocycles. The minimum atomic E-state index is -0.730. The molecule has 18 heavy (non-hydrogen) atoms. The van der Waals surface area contributed by atoms with Crippen LogP contribution in [-0.4, -0.2) is 20.1 Å². The molecule has 1 unspecified atom stereocenters. The van der Waals surface area contributed by atoms with Gasteiger partial charge in [0.05, 0.1) is 0 Å². The summed E-state index contributed by atoms with van der Waals surface area (Å²) in [6.45, 7) is 4.00. The first-order valence-electron chi connectivity index (χ1n) is 6.05. The molecular weight excluding hydrogens is 287 g/mol. The number of aliphatic hydroxyl groups is 1. The number of aryl methyl sites for hydroxylation is 1. The van der Waals surface area contributed by atoms with Crippen molar-refractivity contribution in [1.29, 1.82) is 0 Å². The molecule has 2 aromatic carbocycles. The van der Waals surface area contributed by atoms with Crippen molar-refractivity contribution >= 4 is 19.4 Å². The van der Waals surface area contributed by atoms with E-state index in [2.05, 4.69) is 31.2 Å².